The number of benzene rings is 1. The average Bonchev–Trinajstić information content (AvgIpc) is 2.73. The molecule has 7 heteroatoms. The maximum absolute atomic E-state index is 11.3. The molecule has 0 unspecified atom stereocenters. The minimum Gasteiger partial charge on any atom is -0.440 e. The van der Waals surface area contributed by atoms with E-state index in [4.69, 9.17) is 4.74 Å². The molecule has 0 atom stereocenters. The normalized spacial score (nSPS) is 10.2. The average molecular weight is 389 g/mol. The fourth-order valence-electron chi connectivity index (χ4n) is 1.38. The highest BCUT2D eigenvalue weighted by Gasteiger charge is 2.22. The molecule has 0 spiro atoms. The largest absolute Gasteiger partial charge is 0.440 e. The van der Waals surface area contributed by atoms with Gasteiger partial charge >= 0.3 is 5.69 Å². The van der Waals surface area contributed by atoms with E-state index in [0.29, 0.717) is 10.6 Å². The predicted molar refractivity (Wildman–Crippen MR) is 80.2 cm³/mol. The monoisotopic (exact) mass is 389 g/mol. The lowest BCUT2D eigenvalue weighted by Gasteiger charge is -2.02. The fourth-order valence-corrected chi connectivity index (χ4v) is 2.78. The molecule has 0 bridgehead atoms. The number of halogens is 1. The van der Waals surface area contributed by atoms with Gasteiger partial charge in [-0.2, -0.15) is 0 Å². The summed E-state index contributed by atoms with van der Waals surface area (Å²) in [6.45, 7) is 1.37. The molecule has 0 N–H and O–H groups in total. The molecule has 0 aliphatic carbocycles. The SMILES string of the molecule is CC(=O)c1cc([N+](=O)[O-])c(Oc2cccc(I)c2)s1. The van der Waals surface area contributed by atoms with Gasteiger partial charge < -0.3 is 4.74 Å². The first-order chi connectivity index (χ1) is 8.97. The third kappa shape index (κ3) is 3.29. The van der Waals surface area contributed by atoms with Crippen molar-refractivity contribution < 1.29 is 14.5 Å². The molecule has 1 heterocycles. The van der Waals surface area contributed by atoms with Crippen molar-refractivity contribution in [2.24, 2.45) is 0 Å². The van der Waals surface area contributed by atoms with Crippen molar-refractivity contribution in [1.82, 2.24) is 0 Å². The van der Waals surface area contributed by atoms with Gasteiger partial charge in [0.05, 0.1) is 9.80 Å². The number of thiophene rings is 1. The first-order valence-corrected chi connectivity index (χ1v) is 7.09. The molecular formula is C12H8INO4S. The molecule has 0 fully saturated rings. The molecule has 2 aromatic rings. The molecule has 0 saturated carbocycles. The van der Waals surface area contributed by atoms with Gasteiger partial charge in [-0.25, -0.2) is 0 Å². The molecule has 0 amide bonds. The van der Waals surface area contributed by atoms with Gasteiger partial charge in [-0.3, -0.25) is 14.9 Å². The van der Waals surface area contributed by atoms with Crippen molar-refractivity contribution in [3.05, 3.63) is 48.9 Å². The summed E-state index contributed by atoms with van der Waals surface area (Å²) < 4.78 is 6.46. The van der Waals surface area contributed by atoms with Crippen molar-refractivity contribution in [3.63, 3.8) is 0 Å². The lowest BCUT2D eigenvalue weighted by atomic mass is 10.3. The van der Waals surface area contributed by atoms with Gasteiger partial charge in [-0.05, 0) is 47.7 Å². The van der Waals surface area contributed by atoms with Crippen LogP contribution >= 0.6 is 33.9 Å². The standard InChI is InChI=1S/C12H8INO4S/c1-7(15)11-6-10(14(16)17)12(19-11)18-9-4-2-3-8(13)5-9/h2-6H,1H3. The number of ketones is 1. The summed E-state index contributed by atoms with van der Waals surface area (Å²) in [6.07, 6.45) is 0. The Morgan fingerprint density at radius 3 is 2.74 bits per heavy atom. The zero-order chi connectivity index (χ0) is 14.0. The molecule has 98 valence electrons. The predicted octanol–water partition coefficient (Wildman–Crippen LogP) is 4.26. The number of nitro groups is 1. The minimum absolute atomic E-state index is 0.122. The third-order valence-corrected chi connectivity index (χ3v) is 4.00. The van der Waals surface area contributed by atoms with Crippen LogP contribution in [-0.2, 0) is 0 Å². The summed E-state index contributed by atoms with van der Waals surface area (Å²) >= 11 is 3.10. The highest BCUT2D eigenvalue weighted by Crippen LogP contribution is 2.40. The van der Waals surface area contributed by atoms with Crippen LogP contribution in [-0.4, -0.2) is 10.7 Å². The van der Waals surface area contributed by atoms with Gasteiger partial charge in [0.2, 0.25) is 0 Å². The summed E-state index contributed by atoms with van der Waals surface area (Å²) in [7, 11) is 0. The second-order valence-electron chi connectivity index (χ2n) is 3.66. The highest BCUT2D eigenvalue weighted by atomic mass is 127. The van der Waals surface area contributed by atoms with Crippen LogP contribution in [0.3, 0.4) is 0 Å². The van der Waals surface area contributed by atoms with E-state index in [1.165, 1.54) is 13.0 Å². The molecule has 1 aromatic carbocycles. The van der Waals surface area contributed by atoms with Crippen LogP contribution in [0.1, 0.15) is 16.6 Å². The van der Waals surface area contributed by atoms with Crippen molar-refractivity contribution in [2.45, 2.75) is 6.92 Å². The van der Waals surface area contributed by atoms with Crippen LogP contribution in [0.5, 0.6) is 10.8 Å². The van der Waals surface area contributed by atoms with Crippen molar-refractivity contribution >= 4 is 45.4 Å². The summed E-state index contributed by atoms with van der Waals surface area (Å²) in [6, 6.07) is 8.40. The first kappa shape index (κ1) is 13.9. The van der Waals surface area contributed by atoms with E-state index in [-0.39, 0.29) is 16.5 Å². The Hall–Kier alpha value is -1.48. The molecule has 0 aliphatic rings. The molecule has 1 aromatic heterocycles. The quantitative estimate of drug-likeness (QED) is 0.339. The minimum atomic E-state index is -0.549. The molecule has 0 saturated heterocycles. The fraction of sp³-hybridized carbons (Fsp3) is 0.0833. The maximum atomic E-state index is 11.3. The van der Waals surface area contributed by atoms with Gasteiger partial charge in [0, 0.05) is 9.64 Å². The lowest BCUT2D eigenvalue weighted by molar-refractivity contribution is -0.385. The topological polar surface area (TPSA) is 69.4 Å². The van der Waals surface area contributed by atoms with Crippen LogP contribution in [0, 0.1) is 13.7 Å². The molecule has 2 rings (SSSR count). The Kier molecular flexibility index (Phi) is 4.15. The summed E-state index contributed by atoms with van der Waals surface area (Å²) in [5, 5.41) is 11.1. The Balaban J connectivity index is 2.38. The van der Waals surface area contributed by atoms with Crippen LogP contribution in [0.2, 0.25) is 0 Å². The van der Waals surface area contributed by atoms with Crippen LogP contribution in [0.4, 0.5) is 5.69 Å². The zero-order valence-electron chi connectivity index (χ0n) is 9.75. The van der Waals surface area contributed by atoms with E-state index in [0.717, 1.165) is 14.9 Å². The third-order valence-electron chi connectivity index (χ3n) is 2.23. The van der Waals surface area contributed by atoms with Crippen LogP contribution < -0.4 is 4.74 Å². The summed E-state index contributed by atoms with van der Waals surface area (Å²) in [4.78, 5) is 22.0. The van der Waals surface area contributed by atoms with Crippen LogP contribution in [0.25, 0.3) is 0 Å². The van der Waals surface area contributed by atoms with Gasteiger partial charge in [-0.1, -0.05) is 17.4 Å². The van der Waals surface area contributed by atoms with Gasteiger partial charge in [-0.15, -0.1) is 0 Å². The summed E-state index contributed by atoms with van der Waals surface area (Å²) in [5.74, 6) is 0.289. The number of ether oxygens (including phenoxy) is 1. The Morgan fingerprint density at radius 1 is 1.42 bits per heavy atom. The van der Waals surface area contributed by atoms with Crippen molar-refractivity contribution in [1.29, 1.82) is 0 Å². The van der Waals surface area contributed by atoms with Gasteiger partial charge in [0.25, 0.3) is 5.06 Å². The number of Topliss-reactive ketones (excluding diaryl/α,β-unsaturated/α-hetero) is 1. The van der Waals surface area contributed by atoms with Gasteiger partial charge in [0.1, 0.15) is 5.75 Å². The maximum Gasteiger partial charge on any atom is 0.323 e. The first-order valence-electron chi connectivity index (χ1n) is 5.20. The molecule has 0 radical (unpaired) electrons. The number of carbonyl (C=O) groups is 1. The van der Waals surface area contributed by atoms with Crippen LogP contribution in [0.15, 0.2) is 30.3 Å². The Bertz CT molecular complexity index is 653. The van der Waals surface area contributed by atoms with E-state index in [9.17, 15) is 14.9 Å². The second-order valence-corrected chi connectivity index (χ2v) is 5.92. The highest BCUT2D eigenvalue weighted by molar-refractivity contribution is 14.1. The Morgan fingerprint density at radius 2 is 2.16 bits per heavy atom. The smallest absolute Gasteiger partial charge is 0.323 e. The second kappa shape index (κ2) is 5.66. The number of nitrogens with zero attached hydrogens (tertiary/aromatic N) is 1. The summed E-state index contributed by atoms with van der Waals surface area (Å²) in [5.41, 5.74) is -0.186. The van der Waals surface area contributed by atoms with Crippen molar-refractivity contribution in [3.8, 4) is 10.8 Å². The molecular weight excluding hydrogens is 381 g/mol. The molecule has 0 aliphatic heterocycles. The van der Waals surface area contributed by atoms with E-state index in [1.54, 1.807) is 18.2 Å². The number of hydrogen-bond donors (Lipinski definition) is 0. The number of rotatable bonds is 4. The zero-order valence-corrected chi connectivity index (χ0v) is 12.7. The van der Waals surface area contributed by atoms with E-state index >= 15 is 0 Å². The Labute approximate surface area is 126 Å². The van der Waals surface area contributed by atoms with E-state index in [2.05, 4.69) is 22.6 Å². The lowest BCUT2D eigenvalue weighted by Crippen LogP contribution is -1.89. The molecule has 5 nitrogen and oxygen atoms in total. The van der Waals surface area contributed by atoms with E-state index in [1.807, 2.05) is 6.07 Å². The van der Waals surface area contributed by atoms with Gasteiger partial charge in [0.15, 0.2) is 5.78 Å². The number of carbonyl (C=O) groups excluding carboxylic acids is 1. The van der Waals surface area contributed by atoms with Crippen molar-refractivity contribution in [2.75, 3.05) is 0 Å². The molecule has 19 heavy (non-hydrogen) atoms. The number of hydrogen-bond acceptors (Lipinski definition) is 5. The van der Waals surface area contributed by atoms with E-state index < -0.39 is 4.92 Å².